The van der Waals surface area contributed by atoms with Gasteiger partial charge in [-0.25, -0.2) is 0 Å². The topological polar surface area (TPSA) is 9.23 Å². The summed E-state index contributed by atoms with van der Waals surface area (Å²) in [6.07, 6.45) is 1.21. The highest BCUT2D eigenvalue weighted by atomic mass is 28.3. The molecule has 0 N–H and O–H groups in total. The molecule has 0 aromatic heterocycles. The highest BCUT2D eigenvalue weighted by Crippen LogP contribution is 2.35. The lowest BCUT2D eigenvalue weighted by Gasteiger charge is -2.31. The molecule has 0 aromatic carbocycles. The van der Waals surface area contributed by atoms with Crippen LogP contribution in [0.2, 0.25) is 18.1 Å². The van der Waals surface area contributed by atoms with Gasteiger partial charge in [0.25, 0.3) is 0 Å². The molecule has 0 aliphatic carbocycles. The average Bonchev–Trinajstić information content (AvgIpc) is 2.60. The molecule has 0 bridgehead atoms. The Balaban J connectivity index is 2.82. The van der Waals surface area contributed by atoms with E-state index in [2.05, 4.69) is 51.9 Å². The summed E-state index contributed by atoms with van der Waals surface area (Å²) in [7, 11) is -1.48. The Hall–Kier alpha value is -0.523. The zero-order valence-electron chi connectivity index (χ0n) is 12.2. The highest BCUT2D eigenvalue weighted by Gasteiger charge is 2.34. The van der Waals surface area contributed by atoms with E-state index in [4.69, 9.17) is 4.74 Å². The molecule has 0 amide bonds. The van der Waals surface area contributed by atoms with E-state index in [1.807, 2.05) is 6.92 Å². The maximum Gasteiger partial charge on any atom is 0.137 e. The fourth-order valence-electron chi connectivity index (χ4n) is 1.68. The van der Waals surface area contributed by atoms with E-state index in [0.717, 1.165) is 18.6 Å². The normalized spacial score (nSPS) is 25.3. The first-order valence-corrected chi connectivity index (χ1v) is 9.45. The van der Waals surface area contributed by atoms with Gasteiger partial charge in [0.15, 0.2) is 0 Å². The van der Waals surface area contributed by atoms with Gasteiger partial charge in [0.05, 0.1) is 12.0 Å². The van der Waals surface area contributed by atoms with Gasteiger partial charge in [0.2, 0.25) is 0 Å². The first kappa shape index (κ1) is 14.5. The summed E-state index contributed by atoms with van der Waals surface area (Å²) in [5, 5.41) is 0.332. The molecule has 2 heteroatoms. The van der Waals surface area contributed by atoms with E-state index in [9.17, 15) is 0 Å². The van der Waals surface area contributed by atoms with Crippen molar-refractivity contribution in [3.63, 3.8) is 0 Å². The molecule has 0 spiro atoms. The van der Waals surface area contributed by atoms with Gasteiger partial charge in [-0.2, -0.15) is 0 Å². The van der Waals surface area contributed by atoms with Crippen LogP contribution in [0, 0.1) is 17.4 Å². The third kappa shape index (κ3) is 3.47. The molecule has 0 radical (unpaired) electrons. The molecule has 1 heterocycles. The van der Waals surface area contributed by atoms with Gasteiger partial charge in [-0.3, -0.25) is 0 Å². The lowest BCUT2D eigenvalue weighted by atomic mass is 9.98. The zero-order valence-corrected chi connectivity index (χ0v) is 13.2. The van der Waals surface area contributed by atoms with Gasteiger partial charge in [-0.15, -0.1) is 11.5 Å². The van der Waals surface area contributed by atoms with Gasteiger partial charge in [-0.1, -0.05) is 46.0 Å². The van der Waals surface area contributed by atoms with Crippen LogP contribution in [-0.2, 0) is 4.74 Å². The van der Waals surface area contributed by atoms with E-state index in [0.29, 0.717) is 11.0 Å². The molecule has 0 unspecified atom stereocenters. The van der Waals surface area contributed by atoms with E-state index >= 15 is 0 Å². The van der Waals surface area contributed by atoms with Gasteiger partial charge in [0.1, 0.15) is 8.07 Å². The van der Waals surface area contributed by atoms with Gasteiger partial charge >= 0.3 is 0 Å². The molecule has 0 saturated carbocycles. The number of hydrogen-bond donors (Lipinski definition) is 0. The predicted octanol–water partition coefficient (Wildman–Crippen LogP) is 4.02. The highest BCUT2D eigenvalue weighted by molar-refractivity contribution is 6.87. The van der Waals surface area contributed by atoms with Crippen LogP contribution in [0.4, 0.5) is 0 Å². The Morgan fingerprint density at radius 3 is 2.41 bits per heavy atom. The van der Waals surface area contributed by atoms with Crippen LogP contribution >= 0.6 is 0 Å². The predicted molar refractivity (Wildman–Crippen MR) is 77.6 cm³/mol. The molecule has 1 saturated heterocycles. The van der Waals surface area contributed by atoms with Crippen LogP contribution in [0.1, 0.15) is 34.1 Å². The minimum Gasteiger partial charge on any atom is -0.373 e. The van der Waals surface area contributed by atoms with E-state index in [1.165, 1.54) is 0 Å². The molecule has 1 aliphatic heterocycles. The van der Waals surface area contributed by atoms with Crippen LogP contribution in [0.25, 0.3) is 0 Å². The molecular weight excluding hydrogens is 224 g/mol. The van der Waals surface area contributed by atoms with Crippen molar-refractivity contribution >= 4 is 8.07 Å². The summed E-state index contributed by atoms with van der Waals surface area (Å²) in [4.78, 5) is 0. The molecule has 1 aliphatic rings. The zero-order chi connectivity index (χ0) is 13.3. The molecule has 1 fully saturated rings. The third-order valence-electron chi connectivity index (χ3n) is 4.02. The Morgan fingerprint density at radius 2 is 1.94 bits per heavy atom. The van der Waals surface area contributed by atoms with E-state index in [-0.39, 0.29) is 6.10 Å². The second-order valence-electron chi connectivity index (χ2n) is 6.68. The Morgan fingerprint density at radius 1 is 1.35 bits per heavy atom. The summed E-state index contributed by atoms with van der Waals surface area (Å²) >= 11 is 0. The van der Waals surface area contributed by atoms with Crippen molar-refractivity contribution in [2.24, 2.45) is 5.92 Å². The lowest BCUT2D eigenvalue weighted by Crippen LogP contribution is -2.36. The SMILES string of the molecule is C=C(C)[C@@H]1OCC[C@@H]1C#C[Si](C)(C)C(C)(C)C. The smallest absolute Gasteiger partial charge is 0.137 e. The molecule has 1 nitrogen and oxygen atoms in total. The number of rotatable bonds is 1. The maximum absolute atomic E-state index is 5.69. The van der Waals surface area contributed by atoms with Crippen molar-refractivity contribution in [2.75, 3.05) is 6.61 Å². The van der Waals surface area contributed by atoms with Gasteiger partial charge in [0, 0.05) is 6.61 Å². The summed E-state index contributed by atoms with van der Waals surface area (Å²) in [6.45, 7) is 18.5. The van der Waals surface area contributed by atoms with Crippen LogP contribution in [0.3, 0.4) is 0 Å². The first-order valence-electron chi connectivity index (χ1n) is 6.45. The van der Waals surface area contributed by atoms with Crippen LogP contribution in [0.5, 0.6) is 0 Å². The summed E-state index contributed by atoms with van der Waals surface area (Å²) in [5.41, 5.74) is 4.70. The fraction of sp³-hybridized carbons (Fsp3) is 0.733. The molecule has 1 rings (SSSR count). The molecule has 96 valence electrons. The average molecular weight is 250 g/mol. The number of hydrogen-bond acceptors (Lipinski definition) is 1. The van der Waals surface area contributed by atoms with Crippen LogP contribution in [0.15, 0.2) is 12.2 Å². The van der Waals surface area contributed by atoms with Gasteiger partial charge < -0.3 is 4.74 Å². The monoisotopic (exact) mass is 250 g/mol. The van der Waals surface area contributed by atoms with Crippen molar-refractivity contribution in [2.45, 2.75) is 58.4 Å². The summed E-state index contributed by atoms with van der Waals surface area (Å²) < 4.78 is 5.69. The summed E-state index contributed by atoms with van der Waals surface area (Å²) in [6, 6.07) is 0. The maximum atomic E-state index is 5.69. The largest absolute Gasteiger partial charge is 0.373 e. The van der Waals surface area contributed by atoms with Crippen molar-refractivity contribution in [1.29, 1.82) is 0 Å². The Labute approximate surface area is 108 Å². The van der Waals surface area contributed by atoms with E-state index < -0.39 is 8.07 Å². The second-order valence-corrected chi connectivity index (χ2v) is 11.7. The Bertz CT molecular complexity index is 351. The minimum absolute atomic E-state index is 0.160. The second kappa shape index (κ2) is 5.00. The van der Waals surface area contributed by atoms with Crippen LogP contribution in [-0.4, -0.2) is 20.8 Å². The number of ether oxygens (including phenoxy) is 1. The molecular formula is C15H26OSi. The van der Waals surface area contributed by atoms with Gasteiger partial charge in [-0.05, 0) is 18.4 Å². The fourth-order valence-corrected chi connectivity index (χ4v) is 2.60. The van der Waals surface area contributed by atoms with Crippen molar-refractivity contribution < 1.29 is 4.74 Å². The minimum atomic E-state index is -1.48. The molecule has 17 heavy (non-hydrogen) atoms. The van der Waals surface area contributed by atoms with Crippen molar-refractivity contribution in [1.82, 2.24) is 0 Å². The van der Waals surface area contributed by atoms with E-state index in [1.54, 1.807) is 0 Å². The van der Waals surface area contributed by atoms with Crippen LogP contribution < -0.4 is 0 Å². The van der Waals surface area contributed by atoms with Crippen molar-refractivity contribution in [3.8, 4) is 11.5 Å². The first-order chi connectivity index (χ1) is 7.65. The quantitative estimate of drug-likeness (QED) is 0.388. The lowest BCUT2D eigenvalue weighted by molar-refractivity contribution is 0.128. The summed E-state index contributed by atoms with van der Waals surface area (Å²) in [5.74, 6) is 3.85. The molecule has 0 aromatic rings. The van der Waals surface area contributed by atoms with Crippen molar-refractivity contribution in [3.05, 3.63) is 12.2 Å². The Kier molecular flexibility index (Phi) is 4.27. The molecule has 2 atom stereocenters. The third-order valence-corrected chi connectivity index (χ3v) is 8.54. The standard InChI is InChI=1S/C15H26OSi/c1-12(2)14-13(8-10-16-14)9-11-17(6,7)15(3,4)5/h13-14H,1,8,10H2,2-7H3/t13-,14+/m1/s1.